The van der Waals surface area contributed by atoms with E-state index in [1.54, 1.807) is 12.2 Å². The van der Waals surface area contributed by atoms with Crippen molar-refractivity contribution >= 4 is 5.97 Å². The van der Waals surface area contributed by atoms with Crippen LogP contribution in [0.25, 0.3) is 0 Å². The number of allylic oxidation sites excluding steroid dienone is 2. The standard InChI is InChI=1S/C5H10O2.C4H10O.2C3H6.C2H6O2/c1-4(2)7-5(3)6;1-3-5-4-2;2*1-3-2;3-1-2-4/h4H,1-3H3;3-4H2,1-2H3;2*3H,1H2,2H3;3-4H,1-2H2. The molecule has 0 saturated carbocycles. The van der Waals surface area contributed by atoms with Crippen molar-refractivity contribution < 1.29 is 24.5 Å². The summed E-state index contributed by atoms with van der Waals surface area (Å²) in [5.41, 5.74) is 0. The van der Waals surface area contributed by atoms with Crippen LogP contribution in [0.2, 0.25) is 0 Å². The number of carbonyl (C=O) groups is 1. The third-order valence-electron chi connectivity index (χ3n) is 0.910. The summed E-state index contributed by atoms with van der Waals surface area (Å²) < 4.78 is 9.44. The van der Waals surface area contributed by atoms with Crippen molar-refractivity contribution in [2.75, 3.05) is 26.4 Å². The summed E-state index contributed by atoms with van der Waals surface area (Å²) >= 11 is 0. The van der Waals surface area contributed by atoms with Gasteiger partial charge in [0, 0.05) is 20.1 Å². The maximum Gasteiger partial charge on any atom is 0.302 e. The normalized spacial score (nSPS) is 7.36. The number of aliphatic hydroxyl groups is 2. The zero-order valence-corrected chi connectivity index (χ0v) is 15.6. The van der Waals surface area contributed by atoms with E-state index in [1.807, 2.05) is 41.5 Å². The molecular weight excluding hydrogens is 284 g/mol. The first-order valence-corrected chi connectivity index (χ1v) is 7.39. The first-order valence-electron chi connectivity index (χ1n) is 7.39. The van der Waals surface area contributed by atoms with Crippen LogP contribution in [0.15, 0.2) is 25.3 Å². The van der Waals surface area contributed by atoms with Crippen LogP contribution in [0.4, 0.5) is 0 Å². The van der Waals surface area contributed by atoms with Gasteiger partial charge >= 0.3 is 5.97 Å². The summed E-state index contributed by atoms with van der Waals surface area (Å²) in [7, 11) is 0. The van der Waals surface area contributed by atoms with Crippen LogP contribution in [0.1, 0.15) is 48.5 Å². The van der Waals surface area contributed by atoms with Gasteiger partial charge in [-0.05, 0) is 41.5 Å². The van der Waals surface area contributed by atoms with E-state index >= 15 is 0 Å². The second-order valence-electron chi connectivity index (χ2n) is 3.70. The number of esters is 1. The summed E-state index contributed by atoms with van der Waals surface area (Å²) in [6.07, 6.45) is 3.53. The Balaban J connectivity index is -0.0000000574. The molecule has 0 amide bonds. The van der Waals surface area contributed by atoms with Crippen LogP contribution in [-0.4, -0.2) is 48.7 Å². The van der Waals surface area contributed by atoms with E-state index < -0.39 is 0 Å². The second-order valence-corrected chi connectivity index (χ2v) is 3.70. The number of carbonyl (C=O) groups excluding carboxylic acids is 1. The van der Waals surface area contributed by atoms with Crippen LogP contribution in [0.5, 0.6) is 0 Å². The van der Waals surface area contributed by atoms with Gasteiger partial charge in [0.2, 0.25) is 0 Å². The first-order chi connectivity index (χ1) is 10.3. The van der Waals surface area contributed by atoms with Gasteiger partial charge in [0.1, 0.15) is 0 Å². The van der Waals surface area contributed by atoms with E-state index in [0.717, 1.165) is 13.2 Å². The highest BCUT2D eigenvalue weighted by atomic mass is 16.5. The van der Waals surface area contributed by atoms with Crippen molar-refractivity contribution in [3.63, 3.8) is 0 Å². The molecule has 0 heterocycles. The molecule has 0 saturated heterocycles. The molecule has 2 N–H and O–H groups in total. The van der Waals surface area contributed by atoms with Crippen molar-refractivity contribution in [3.8, 4) is 0 Å². The van der Waals surface area contributed by atoms with Crippen LogP contribution in [0, 0.1) is 0 Å². The fourth-order valence-electron chi connectivity index (χ4n) is 0.536. The smallest absolute Gasteiger partial charge is 0.302 e. The fourth-order valence-corrected chi connectivity index (χ4v) is 0.536. The average Bonchev–Trinajstić information content (AvgIpc) is 2.41. The van der Waals surface area contributed by atoms with Crippen molar-refractivity contribution in [2.24, 2.45) is 0 Å². The summed E-state index contributed by atoms with van der Waals surface area (Å²) in [6, 6.07) is 0. The predicted molar refractivity (Wildman–Crippen MR) is 95.0 cm³/mol. The van der Waals surface area contributed by atoms with Gasteiger partial charge in [-0.2, -0.15) is 0 Å². The molecule has 0 unspecified atom stereocenters. The molecule has 0 spiro atoms. The third kappa shape index (κ3) is 176. The highest BCUT2D eigenvalue weighted by Gasteiger charge is 1.93. The lowest BCUT2D eigenvalue weighted by molar-refractivity contribution is -0.144. The molecule has 5 heteroatoms. The SMILES string of the molecule is C=CC.C=CC.CC(=O)OC(C)C.CCOCC.OCCO. The van der Waals surface area contributed by atoms with Gasteiger partial charge in [-0.25, -0.2) is 0 Å². The van der Waals surface area contributed by atoms with E-state index in [0.29, 0.717) is 0 Å². The Hall–Kier alpha value is -1.17. The highest BCUT2D eigenvalue weighted by molar-refractivity contribution is 5.66. The maximum absolute atomic E-state index is 10.0. The summed E-state index contributed by atoms with van der Waals surface area (Å²) in [4.78, 5) is 10.0. The Labute approximate surface area is 137 Å². The van der Waals surface area contributed by atoms with Gasteiger partial charge in [-0.15, -0.1) is 13.2 Å². The van der Waals surface area contributed by atoms with Crippen molar-refractivity contribution in [1.82, 2.24) is 0 Å². The molecule has 22 heavy (non-hydrogen) atoms. The number of rotatable bonds is 4. The maximum atomic E-state index is 10.0. The Morgan fingerprint density at radius 1 is 1.05 bits per heavy atom. The Kier molecular flexibility index (Phi) is 63.5. The number of hydrogen-bond donors (Lipinski definition) is 2. The van der Waals surface area contributed by atoms with Gasteiger partial charge in [0.05, 0.1) is 19.3 Å². The van der Waals surface area contributed by atoms with E-state index in [1.165, 1.54) is 6.92 Å². The molecule has 0 bridgehead atoms. The molecule has 136 valence electrons. The van der Waals surface area contributed by atoms with E-state index in [-0.39, 0.29) is 25.3 Å². The summed E-state index contributed by atoms with van der Waals surface area (Å²) in [5.74, 6) is -0.213. The quantitative estimate of drug-likeness (QED) is 0.613. The van der Waals surface area contributed by atoms with Crippen LogP contribution in [0.3, 0.4) is 0 Å². The second kappa shape index (κ2) is 42.7. The number of hydrogen-bond acceptors (Lipinski definition) is 5. The molecule has 0 fully saturated rings. The molecule has 0 aromatic heterocycles. The lowest BCUT2D eigenvalue weighted by atomic mass is 10.5. The molecule has 0 rings (SSSR count). The highest BCUT2D eigenvalue weighted by Crippen LogP contribution is 1.85. The van der Waals surface area contributed by atoms with Gasteiger partial charge in [-0.3, -0.25) is 4.79 Å². The lowest BCUT2D eigenvalue weighted by Crippen LogP contribution is -2.06. The molecule has 0 aliphatic heterocycles. The summed E-state index contributed by atoms with van der Waals surface area (Å²) in [5, 5.41) is 15.2. The van der Waals surface area contributed by atoms with Crippen molar-refractivity contribution in [1.29, 1.82) is 0 Å². The van der Waals surface area contributed by atoms with Crippen LogP contribution >= 0.6 is 0 Å². The minimum absolute atomic E-state index is 0.0255. The molecular formula is C17H38O5. The molecule has 0 aliphatic rings. The van der Waals surface area contributed by atoms with Gasteiger partial charge in [0.25, 0.3) is 0 Å². The largest absolute Gasteiger partial charge is 0.463 e. The van der Waals surface area contributed by atoms with E-state index in [9.17, 15) is 4.79 Å². The Morgan fingerprint density at radius 3 is 1.32 bits per heavy atom. The van der Waals surface area contributed by atoms with Gasteiger partial charge in [0.15, 0.2) is 0 Å². The molecule has 0 aromatic rings. The molecule has 0 atom stereocenters. The van der Waals surface area contributed by atoms with Crippen LogP contribution in [-0.2, 0) is 14.3 Å². The molecule has 0 aliphatic carbocycles. The zero-order valence-electron chi connectivity index (χ0n) is 15.6. The number of ether oxygens (including phenoxy) is 2. The van der Waals surface area contributed by atoms with E-state index in [4.69, 9.17) is 14.9 Å². The third-order valence-corrected chi connectivity index (χ3v) is 0.910. The molecule has 0 radical (unpaired) electrons. The molecule has 5 nitrogen and oxygen atoms in total. The predicted octanol–water partition coefficient (Wildman–Crippen LogP) is 3.36. The van der Waals surface area contributed by atoms with Gasteiger partial charge < -0.3 is 19.7 Å². The van der Waals surface area contributed by atoms with E-state index in [2.05, 4.69) is 17.9 Å². The zero-order chi connectivity index (χ0) is 18.8. The topological polar surface area (TPSA) is 76.0 Å². The Bertz CT molecular complexity index is 181. The average molecular weight is 322 g/mol. The van der Waals surface area contributed by atoms with Crippen molar-refractivity contribution in [3.05, 3.63) is 25.3 Å². The summed E-state index contributed by atoms with van der Waals surface area (Å²) in [6.45, 7) is 21.0. The minimum Gasteiger partial charge on any atom is -0.463 e. The van der Waals surface area contributed by atoms with Crippen LogP contribution < -0.4 is 0 Å². The lowest BCUT2D eigenvalue weighted by Gasteiger charge is -2.01. The van der Waals surface area contributed by atoms with Crippen molar-refractivity contribution in [2.45, 2.75) is 54.6 Å². The monoisotopic (exact) mass is 322 g/mol. The first kappa shape index (κ1) is 32.7. The number of aliphatic hydroxyl groups excluding tert-OH is 2. The fraction of sp³-hybridized carbons (Fsp3) is 0.706. The Morgan fingerprint density at radius 2 is 1.32 bits per heavy atom. The molecule has 0 aromatic carbocycles. The van der Waals surface area contributed by atoms with Gasteiger partial charge in [-0.1, -0.05) is 12.2 Å². The minimum atomic E-state index is -0.213.